The summed E-state index contributed by atoms with van der Waals surface area (Å²) in [5.41, 5.74) is 0.389. The minimum absolute atomic E-state index is 0.0947. The Balaban J connectivity index is 1.62. The summed E-state index contributed by atoms with van der Waals surface area (Å²) in [4.78, 5) is 24.6. The van der Waals surface area contributed by atoms with Gasteiger partial charge in [-0.1, -0.05) is 41.7 Å². The number of para-hydroxylation sites is 2. The molecule has 0 atom stereocenters. The Hall–Kier alpha value is -3.52. The summed E-state index contributed by atoms with van der Waals surface area (Å²) in [6, 6.07) is 15.9. The van der Waals surface area contributed by atoms with Gasteiger partial charge in [-0.05, 0) is 24.3 Å². The number of aromatic nitrogens is 2. The van der Waals surface area contributed by atoms with E-state index in [1.165, 1.54) is 17.4 Å². The Morgan fingerprint density at radius 1 is 1.11 bits per heavy atom. The van der Waals surface area contributed by atoms with Crippen molar-refractivity contribution in [1.29, 1.82) is 0 Å². The maximum absolute atomic E-state index is 12.5. The highest BCUT2D eigenvalue weighted by Crippen LogP contribution is 2.33. The molecule has 0 aliphatic heterocycles. The first-order chi connectivity index (χ1) is 13.2. The topological polar surface area (TPSA) is 94.3 Å². The van der Waals surface area contributed by atoms with Gasteiger partial charge in [0, 0.05) is 5.39 Å². The van der Waals surface area contributed by atoms with Crippen molar-refractivity contribution in [3.05, 3.63) is 70.6 Å². The lowest BCUT2D eigenvalue weighted by molar-refractivity contribution is 0.102. The van der Waals surface area contributed by atoms with E-state index in [0.717, 1.165) is 5.56 Å². The van der Waals surface area contributed by atoms with Crippen LogP contribution in [0.2, 0.25) is 0 Å². The zero-order valence-electron chi connectivity index (χ0n) is 14.1. The molecule has 2 aromatic heterocycles. The molecule has 0 aliphatic rings. The summed E-state index contributed by atoms with van der Waals surface area (Å²) in [6.45, 7) is 0. The van der Waals surface area contributed by atoms with Crippen molar-refractivity contribution in [3.8, 4) is 16.3 Å². The fourth-order valence-electron chi connectivity index (χ4n) is 2.59. The van der Waals surface area contributed by atoms with E-state index in [4.69, 9.17) is 9.15 Å². The fourth-order valence-corrected chi connectivity index (χ4v) is 3.36. The average molecular weight is 379 g/mol. The summed E-state index contributed by atoms with van der Waals surface area (Å²) in [6.07, 6.45) is 0. The number of hydrogen-bond donors (Lipinski definition) is 1. The number of anilines is 1. The van der Waals surface area contributed by atoms with Crippen molar-refractivity contribution in [2.75, 3.05) is 12.4 Å². The van der Waals surface area contributed by atoms with Gasteiger partial charge in [0.15, 0.2) is 5.01 Å². The van der Waals surface area contributed by atoms with Crippen LogP contribution in [0.4, 0.5) is 5.13 Å². The molecule has 27 heavy (non-hydrogen) atoms. The van der Waals surface area contributed by atoms with Gasteiger partial charge in [-0.15, -0.1) is 10.2 Å². The number of methoxy groups -OCH3 is 1. The fraction of sp³-hybridized carbons (Fsp3) is 0.0526. The van der Waals surface area contributed by atoms with E-state index in [0.29, 0.717) is 21.7 Å². The second-order valence-electron chi connectivity index (χ2n) is 5.55. The maximum Gasteiger partial charge on any atom is 0.349 e. The predicted octanol–water partition coefficient (Wildman–Crippen LogP) is 3.57. The number of nitrogens with zero attached hydrogens (tertiary/aromatic N) is 2. The zero-order chi connectivity index (χ0) is 18.8. The molecule has 7 nitrogen and oxygen atoms in total. The van der Waals surface area contributed by atoms with E-state index in [9.17, 15) is 9.59 Å². The minimum Gasteiger partial charge on any atom is -0.496 e. The second-order valence-corrected chi connectivity index (χ2v) is 6.53. The maximum atomic E-state index is 12.5. The Labute approximate surface area is 157 Å². The van der Waals surface area contributed by atoms with Crippen molar-refractivity contribution >= 4 is 33.3 Å². The summed E-state index contributed by atoms with van der Waals surface area (Å²) in [5, 5.41) is 12.2. The smallest absolute Gasteiger partial charge is 0.349 e. The molecule has 0 spiro atoms. The number of fused-ring (bicyclic) bond motifs is 1. The SMILES string of the molecule is COc1ccccc1-c1nnc(NC(=O)c2cc3ccccc3oc2=O)s1. The highest BCUT2D eigenvalue weighted by Gasteiger charge is 2.17. The van der Waals surface area contributed by atoms with Gasteiger partial charge in [0.25, 0.3) is 5.91 Å². The largest absolute Gasteiger partial charge is 0.496 e. The number of ether oxygens (including phenoxy) is 1. The molecule has 4 aromatic rings. The summed E-state index contributed by atoms with van der Waals surface area (Å²) >= 11 is 1.18. The van der Waals surface area contributed by atoms with Crippen molar-refractivity contribution in [1.82, 2.24) is 10.2 Å². The molecule has 1 amide bonds. The molecule has 0 saturated carbocycles. The predicted molar refractivity (Wildman–Crippen MR) is 102 cm³/mol. The first kappa shape index (κ1) is 16.9. The third-order valence-electron chi connectivity index (χ3n) is 3.87. The van der Waals surface area contributed by atoms with Crippen molar-refractivity contribution in [2.45, 2.75) is 0 Å². The van der Waals surface area contributed by atoms with Gasteiger partial charge in [-0.25, -0.2) is 4.79 Å². The first-order valence-corrected chi connectivity index (χ1v) is 8.78. The van der Waals surface area contributed by atoms with Gasteiger partial charge >= 0.3 is 5.63 Å². The lowest BCUT2D eigenvalue weighted by Crippen LogP contribution is -2.20. The third-order valence-corrected chi connectivity index (χ3v) is 4.74. The number of hydrogen-bond acceptors (Lipinski definition) is 7. The number of carbonyl (C=O) groups is 1. The lowest BCUT2D eigenvalue weighted by atomic mass is 10.2. The number of amides is 1. The summed E-state index contributed by atoms with van der Waals surface area (Å²) in [5.74, 6) is 0.0546. The Kier molecular flexibility index (Phi) is 4.39. The zero-order valence-corrected chi connectivity index (χ0v) is 14.9. The molecule has 0 radical (unpaired) electrons. The van der Waals surface area contributed by atoms with E-state index >= 15 is 0 Å². The standard InChI is InChI=1S/C19H13N3O4S/c1-25-15-9-5-3-7-12(15)17-21-22-19(27-17)20-16(23)13-10-11-6-2-4-8-14(11)26-18(13)24/h2-10H,1H3,(H,20,22,23). The Morgan fingerprint density at radius 2 is 1.89 bits per heavy atom. The molecular weight excluding hydrogens is 366 g/mol. The summed E-state index contributed by atoms with van der Waals surface area (Å²) < 4.78 is 10.5. The van der Waals surface area contributed by atoms with Crippen LogP contribution in [0.5, 0.6) is 5.75 Å². The van der Waals surface area contributed by atoms with Crippen LogP contribution in [-0.4, -0.2) is 23.2 Å². The van der Waals surface area contributed by atoms with Crippen molar-refractivity contribution in [2.24, 2.45) is 0 Å². The molecule has 0 saturated heterocycles. The first-order valence-electron chi connectivity index (χ1n) is 7.97. The number of rotatable bonds is 4. The van der Waals surface area contributed by atoms with E-state index in [2.05, 4.69) is 15.5 Å². The lowest BCUT2D eigenvalue weighted by Gasteiger charge is -2.04. The molecule has 8 heteroatoms. The van der Waals surface area contributed by atoms with Gasteiger partial charge in [0.05, 0.1) is 12.7 Å². The van der Waals surface area contributed by atoms with Gasteiger partial charge in [0.2, 0.25) is 5.13 Å². The second kappa shape index (κ2) is 7.00. The van der Waals surface area contributed by atoms with Gasteiger partial charge < -0.3 is 9.15 Å². The highest BCUT2D eigenvalue weighted by atomic mass is 32.1. The molecule has 0 unspecified atom stereocenters. The van der Waals surface area contributed by atoms with Crippen LogP contribution in [0.1, 0.15) is 10.4 Å². The molecular formula is C19H13N3O4S. The molecule has 0 fully saturated rings. The van der Waals surface area contributed by atoms with Crippen LogP contribution in [-0.2, 0) is 0 Å². The average Bonchev–Trinajstić information content (AvgIpc) is 3.15. The number of nitrogens with one attached hydrogen (secondary N) is 1. The van der Waals surface area contributed by atoms with Crippen LogP contribution < -0.4 is 15.7 Å². The third kappa shape index (κ3) is 3.30. The van der Waals surface area contributed by atoms with Crippen LogP contribution in [0.25, 0.3) is 21.5 Å². The minimum atomic E-state index is -0.708. The Bertz CT molecular complexity index is 1200. The summed E-state index contributed by atoms with van der Waals surface area (Å²) in [7, 11) is 1.57. The van der Waals surface area contributed by atoms with E-state index < -0.39 is 11.5 Å². The van der Waals surface area contributed by atoms with Gasteiger partial charge in [0.1, 0.15) is 16.9 Å². The van der Waals surface area contributed by atoms with Crippen LogP contribution >= 0.6 is 11.3 Å². The quantitative estimate of drug-likeness (QED) is 0.545. The van der Waals surface area contributed by atoms with E-state index in [1.807, 2.05) is 24.3 Å². The van der Waals surface area contributed by atoms with E-state index in [1.54, 1.807) is 31.4 Å². The van der Waals surface area contributed by atoms with E-state index in [-0.39, 0.29) is 10.7 Å². The number of carbonyl (C=O) groups excluding carboxylic acids is 1. The van der Waals surface area contributed by atoms with Crippen molar-refractivity contribution in [3.63, 3.8) is 0 Å². The van der Waals surface area contributed by atoms with Crippen LogP contribution in [0.3, 0.4) is 0 Å². The number of benzene rings is 2. The monoisotopic (exact) mass is 379 g/mol. The Morgan fingerprint density at radius 3 is 2.74 bits per heavy atom. The molecule has 1 N–H and O–H groups in total. The van der Waals surface area contributed by atoms with Gasteiger partial charge in [-0.3, -0.25) is 10.1 Å². The molecule has 4 rings (SSSR count). The normalized spacial score (nSPS) is 10.7. The van der Waals surface area contributed by atoms with Crippen LogP contribution in [0, 0.1) is 0 Å². The van der Waals surface area contributed by atoms with Crippen molar-refractivity contribution < 1.29 is 13.9 Å². The molecule has 134 valence electrons. The molecule has 2 heterocycles. The van der Waals surface area contributed by atoms with Crippen LogP contribution in [0.15, 0.2) is 63.8 Å². The highest BCUT2D eigenvalue weighted by molar-refractivity contribution is 7.18. The molecule has 0 bridgehead atoms. The molecule has 0 aliphatic carbocycles. The van der Waals surface area contributed by atoms with Gasteiger partial charge in [-0.2, -0.15) is 0 Å². The molecule has 2 aromatic carbocycles.